The molecule has 0 atom stereocenters. The Balaban J connectivity index is 2.34. The Kier molecular flexibility index (Phi) is 4.86. The van der Waals surface area contributed by atoms with Gasteiger partial charge in [0.05, 0.1) is 7.11 Å². The molecule has 0 heterocycles. The van der Waals surface area contributed by atoms with E-state index in [0.717, 1.165) is 24.6 Å². The Morgan fingerprint density at radius 2 is 2.07 bits per heavy atom. The first-order valence-corrected chi connectivity index (χ1v) is 4.84. The molecule has 0 aliphatic rings. The van der Waals surface area contributed by atoms with E-state index in [0.29, 0.717) is 6.61 Å². The van der Waals surface area contributed by atoms with Crippen LogP contribution >= 0.6 is 0 Å². The summed E-state index contributed by atoms with van der Waals surface area (Å²) in [7, 11) is 1.65. The predicted octanol–water partition coefficient (Wildman–Crippen LogP) is 1.68. The molecule has 0 amide bonds. The summed E-state index contributed by atoms with van der Waals surface area (Å²) < 4.78 is 10.6. The number of nitrogens with one attached hydrogen (secondary N) is 1. The molecule has 0 fully saturated rings. The van der Waals surface area contributed by atoms with Gasteiger partial charge in [0.1, 0.15) is 18.1 Å². The lowest BCUT2D eigenvalue weighted by molar-refractivity contribution is 0.313. The van der Waals surface area contributed by atoms with Crippen molar-refractivity contribution in [3.8, 4) is 11.5 Å². The van der Waals surface area contributed by atoms with E-state index in [9.17, 15) is 0 Å². The Morgan fingerprint density at radius 1 is 1.29 bits per heavy atom. The Morgan fingerprint density at radius 3 is 2.79 bits per heavy atom. The van der Waals surface area contributed by atoms with E-state index in [1.165, 1.54) is 0 Å². The van der Waals surface area contributed by atoms with E-state index in [2.05, 4.69) is 12.2 Å². The van der Waals surface area contributed by atoms with Gasteiger partial charge in [-0.15, -0.1) is 0 Å². The number of benzene rings is 1. The van der Waals surface area contributed by atoms with E-state index >= 15 is 0 Å². The number of ether oxygens (including phenoxy) is 2. The number of likely N-dealkylation sites (N-methyl/N-ethyl adjacent to an activating group) is 1. The van der Waals surface area contributed by atoms with Crippen molar-refractivity contribution in [3.63, 3.8) is 0 Å². The van der Waals surface area contributed by atoms with Crippen molar-refractivity contribution in [2.75, 3.05) is 26.8 Å². The van der Waals surface area contributed by atoms with Gasteiger partial charge >= 0.3 is 0 Å². The molecular formula is C11H17NO2. The lowest BCUT2D eigenvalue weighted by Crippen LogP contribution is -2.20. The second-order valence-corrected chi connectivity index (χ2v) is 2.88. The highest BCUT2D eigenvalue weighted by molar-refractivity contribution is 5.32. The minimum atomic E-state index is 0.682. The summed E-state index contributed by atoms with van der Waals surface area (Å²) in [5.74, 6) is 1.67. The standard InChI is InChI=1S/C11H17NO2/c1-3-12-7-8-14-11-6-4-5-10(9-11)13-2/h4-6,9,12H,3,7-8H2,1-2H3. The number of methoxy groups -OCH3 is 1. The summed E-state index contributed by atoms with van der Waals surface area (Å²) in [6.45, 7) is 4.60. The summed E-state index contributed by atoms with van der Waals surface area (Å²) in [4.78, 5) is 0. The minimum absolute atomic E-state index is 0.682. The zero-order chi connectivity index (χ0) is 10.2. The molecule has 3 heteroatoms. The molecule has 0 saturated heterocycles. The van der Waals surface area contributed by atoms with Gasteiger partial charge in [0, 0.05) is 12.6 Å². The highest BCUT2D eigenvalue weighted by atomic mass is 16.5. The smallest absolute Gasteiger partial charge is 0.123 e. The average Bonchev–Trinajstić information content (AvgIpc) is 2.25. The van der Waals surface area contributed by atoms with E-state index in [4.69, 9.17) is 9.47 Å². The van der Waals surface area contributed by atoms with E-state index in [-0.39, 0.29) is 0 Å². The van der Waals surface area contributed by atoms with Crippen LogP contribution in [0.15, 0.2) is 24.3 Å². The summed E-state index contributed by atoms with van der Waals surface area (Å²) in [5.41, 5.74) is 0. The quantitative estimate of drug-likeness (QED) is 0.701. The lowest BCUT2D eigenvalue weighted by atomic mass is 10.3. The second kappa shape index (κ2) is 6.27. The molecule has 0 aliphatic carbocycles. The fraction of sp³-hybridized carbons (Fsp3) is 0.455. The van der Waals surface area contributed by atoms with Gasteiger partial charge < -0.3 is 14.8 Å². The fourth-order valence-corrected chi connectivity index (χ4v) is 1.11. The monoisotopic (exact) mass is 195 g/mol. The Bertz CT molecular complexity index is 263. The molecule has 1 aromatic carbocycles. The van der Waals surface area contributed by atoms with Crippen LogP contribution in [0.5, 0.6) is 11.5 Å². The maximum atomic E-state index is 5.51. The SMILES string of the molecule is CCNCCOc1cccc(OC)c1. The summed E-state index contributed by atoms with van der Waals surface area (Å²) in [5, 5.41) is 3.19. The first-order chi connectivity index (χ1) is 6.86. The van der Waals surface area contributed by atoms with Crippen molar-refractivity contribution >= 4 is 0 Å². The minimum Gasteiger partial charge on any atom is -0.497 e. The second-order valence-electron chi connectivity index (χ2n) is 2.88. The van der Waals surface area contributed by atoms with Crippen molar-refractivity contribution in [1.82, 2.24) is 5.32 Å². The third kappa shape index (κ3) is 3.66. The van der Waals surface area contributed by atoms with Crippen LogP contribution in [0.2, 0.25) is 0 Å². The van der Waals surface area contributed by atoms with Gasteiger partial charge in [0.25, 0.3) is 0 Å². The summed E-state index contributed by atoms with van der Waals surface area (Å²) >= 11 is 0. The molecule has 14 heavy (non-hydrogen) atoms. The van der Waals surface area contributed by atoms with Gasteiger partial charge in [-0.3, -0.25) is 0 Å². The van der Waals surface area contributed by atoms with Crippen LogP contribution in [0.4, 0.5) is 0 Å². The lowest BCUT2D eigenvalue weighted by Gasteiger charge is -2.07. The van der Waals surface area contributed by atoms with Crippen molar-refractivity contribution in [1.29, 1.82) is 0 Å². The average molecular weight is 195 g/mol. The first-order valence-electron chi connectivity index (χ1n) is 4.84. The molecule has 0 bridgehead atoms. The van der Waals surface area contributed by atoms with Gasteiger partial charge in [0.2, 0.25) is 0 Å². The van der Waals surface area contributed by atoms with Crippen LogP contribution in [0.25, 0.3) is 0 Å². The van der Waals surface area contributed by atoms with Crippen LogP contribution in [-0.2, 0) is 0 Å². The van der Waals surface area contributed by atoms with Gasteiger partial charge in [-0.2, -0.15) is 0 Å². The zero-order valence-electron chi connectivity index (χ0n) is 8.75. The largest absolute Gasteiger partial charge is 0.497 e. The van der Waals surface area contributed by atoms with Gasteiger partial charge in [-0.25, -0.2) is 0 Å². The Hall–Kier alpha value is -1.22. The van der Waals surface area contributed by atoms with Crippen molar-refractivity contribution in [3.05, 3.63) is 24.3 Å². The first kappa shape index (κ1) is 10.9. The summed E-state index contributed by atoms with van der Waals surface area (Å²) in [6.07, 6.45) is 0. The number of rotatable bonds is 6. The molecule has 78 valence electrons. The molecule has 0 spiro atoms. The molecule has 1 N–H and O–H groups in total. The van der Waals surface area contributed by atoms with E-state index < -0.39 is 0 Å². The third-order valence-corrected chi connectivity index (χ3v) is 1.84. The third-order valence-electron chi connectivity index (χ3n) is 1.84. The van der Waals surface area contributed by atoms with Crippen LogP contribution in [0.1, 0.15) is 6.92 Å². The number of hydrogen-bond acceptors (Lipinski definition) is 3. The van der Waals surface area contributed by atoms with Crippen LogP contribution in [0, 0.1) is 0 Å². The topological polar surface area (TPSA) is 30.5 Å². The maximum absolute atomic E-state index is 5.51. The molecule has 0 aromatic heterocycles. The van der Waals surface area contributed by atoms with Gasteiger partial charge in [0.15, 0.2) is 0 Å². The van der Waals surface area contributed by atoms with E-state index in [1.54, 1.807) is 7.11 Å². The normalized spacial score (nSPS) is 9.86. The summed E-state index contributed by atoms with van der Waals surface area (Å²) in [6, 6.07) is 7.62. The zero-order valence-corrected chi connectivity index (χ0v) is 8.75. The van der Waals surface area contributed by atoms with Crippen molar-refractivity contribution < 1.29 is 9.47 Å². The maximum Gasteiger partial charge on any atom is 0.123 e. The Labute approximate surface area is 85.0 Å². The van der Waals surface area contributed by atoms with Crippen LogP contribution in [0.3, 0.4) is 0 Å². The molecule has 0 aliphatic heterocycles. The van der Waals surface area contributed by atoms with Gasteiger partial charge in [-0.1, -0.05) is 13.0 Å². The molecule has 3 nitrogen and oxygen atoms in total. The van der Waals surface area contributed by atoms with Crippen LogP contribution < -0.4 is 14.8 Å². The van der Waals surface area contributed by atoms with Crippen molar-refractivity contribution in [2.45, 2.75) is 6.92 Å². The van der Waals surface area contributed by atoms with Gasteiger partial charge in [-0.05, 0) is 18.7 Å². The molecule has 1 rings (SSSR count). The molecule has 0 saturated carbocycles. The molecule has 1 aromatic rings. The molecule has 0 radical (unpaired) electrons. The van der Waals surface area contributed by atoms with Crippen molar-refractivity contribution in [2.24, 2.45) is 0 Å². The molecule has 0 unspecified atom stereocenters. The number of hydrogen-bond donors (Lipinski definition) is 1. The van der Waals surface area contributed by atoms with E-state index in [1.807, 2.05) is 24.3 Å². The fourth-order valence-electron chi connectivity index (χ4n) is 1.11. The predicted molar refractivity (Wildman–Crippen MR) is 57.0 cm³/mol. The van der Waals surface area contributed by atoms with Crippen LogP contribution in [-0.4, -0.2) is 26.8 Å². The highest BCUT2D eigenvalue weighted by Gasteiger charge is 1.95. The highest BCUT2D eigenvalue weighted by Crippen LogP contribution is 2.18. The molecular weight excluding hydrogens is 178 g/mol.